The molecule has 154 valence electrons. The molecule has 2 aliphatic carbocycles. The highest BCUT2D eigenvalue weighted by Crippen LogP contribution is 2.43. The van der Waals surface area contributed by atoms with Crippen molar-refractivity contribution in [2.75, 3.05) is 20.7 Å². The average molecular weight is 390 g/mol. The van der Waals surface area contributed by atoms with Gasteiger partial charge in [0.15, 0.2) is 0 Å². The Morgan fingerprint density at radius 3 is 2.54 bits per heavy atom. The van der Waals surface area contributed by atoms with Gasteiger partial charge in [-0.25, -0.2) is 9.78 Å². The molecule has 0 radical (unpaired) electrons. The molecule has 0 bridgehead atoms. The van der Waals surface area contributed by atoms with Crippen molar-refractivity contribution in [2.45, 2.75) is 57.9 Å². The van der Waals surface area contributed by atoms with Crippen LogP contribution < -0.4 is 14.8 Å². The molecular formula is C20H30N4O4. The summed E-state index contributed by atoms with van der Waals surface area (Å²) in [5.41, 5.74) is 0.842. The fourth-order valence-electron chi connectivity index (χ4n) is 2.91. The lowest BCUT2D eigenvalue weighted by atomic mass is 10.0. The summed E-state index contributed by atoms with van der Waals surface area (Å²) in [6.07, 6.45) is 5.78. The highest BCUT2D eigenvalue weighted by molar-refractivity contribution is 5.85. The molecule has 28 heavy (non-hydrogen) atoms. The van der Waals surface area contributed by atoms with Crippen molar-refractivity contribution in [3.05, 3.63) is 11.9 Å². The van der Waals surface area contributed by atoms with Crippen molar-refractivity contribution in [3.63, 3.8) is 0 Å². The highest BCUT2D eigenvalue weighted by Gasteiger charge is 2.31. The first-order valence-corrected chi connectivity index (χ1v) is 10.0. The fraction of sp³-hybridized carbons (Fsp3) is 0.700. The summed E-state index contributed by atoms with van der Waals surface area (Å²) in [7, 11) is 3.32. The number of amides is 2. The Kier molecular flexibility index (Phi) is 6.36. The van der Waals surface area contributed by atoms with Crippen LogP contribution in [0.4, 0.5) is 4.79 Å². The topological polar surface area (TPSA) is 93.6 Å². The summed E-state index contributed by atoms with van der Waals surface area (Å²) in [4.78, 5) is 34.9. The number of nitrogens with zero attached hydrogens (tertiary/aromatic N) is 3. The molecule has 0 spiro atoms. The lowest BCUT2D eigenvalue weighted by molar-refractivity contribution is -0.131. The van der Waals surface area contributed by atoms with E-state index in [1.165, 1.54) is 23.9 Å². The van der Waals surface area contributed by atoms with Gasteiger partial charge in [-0.15, -0.1) is 0 Å². The first-order chi connectivity index (χ1) is 13.3. The van der Waals surface area contributed by atoms with Gasteiger partial charge in [-0.3, -0.25) is 4.79 Å². The normalized spacial score (nSPS) is 17.2. The second-order valence-corrected chi connectivity index (χ2v) is 8.38. The van der Waals surface area contributed by atoms with Gasteiger partial charge >= 0.3 is 6.09 Å². The minimum Gasteiger partial charge on any atom is -0.476 e. The Morgan fingerprint density at radius 1 is 1.25 bits per heavy atom. The smallest absolute Gasteiger partial charge is 0.414 e. The van der Waals surface area contributed by atoms with E-state index < -0.39 is 12.1 Å². The summed E-state index contributed by atoms with van der Waals surface area (Å²) in [5.74, 6) is 1.59. The SMILES string of the molecule is CC(C)C[C@H](NC(=O)Oc1cnc(C2CC2)c(OCC2CC2)n1)C(=O)N(C)C. The third kappa shape index (κ3) is 5.81. The number of rotatable bonds is 9. The summed E-state index contributed by atoms with van der Waals surface area (Å²) >= 11 is 0. The lowest BCUT2D eigenvalue weighted by Gasteiger charge is -2.22. The van der Waals surface area contributed by atoms with E-state index in [1.54, 1.807) is 14.1 Å². The maximum Gasteiger partial charge on any atom is 0.414 e. The van der Waals surface area contributed by atoms with Gasteiger partial charge in [0.05, 0.1) is 12.8 Å². The highest BCUT2D eigenvalue weighted by atomic mass is 16.6. The molecule has 0 aliphatic heterocycles. The van der Waals surface area contributed by atoms with Gasteiger partial charge < -0.3 is 19.7 Å². The number of ether oxygens (including phenoxy) is 2. The molecule has 8 heteroatoms. The zero-order valence-corrected chi connectivity index (χ0v) is 17.1. The van der Waals surface area contributed by atoms with Gasteiger partial charge in [-0.1, -0.05) is 13.8 Å². The number of carbonyl (C=O) groups is 2. The Balaban J connectivity index is 1.64. The van der Waals surface area contributed by atoms with Crippen LogP contribution in [0.3, 0.4) is 0 Å². The second kappa shape index (κ2) is 8.75. The molecule has 0 unspecified atom stereocenters. The molecule has 8 nitrogen and oxygen atoms in total. The molecule has 2 amide bonds. The van der Waals surface area contributed by atoms with Gasteiger partial charge in [0.25, 0.3) is 0 Å². The standard InChI is InChI=1S/C20H30N4O4/c1-12(2)9-15(19(25)24(3)4)22-20(26)28-16-10-21-17(14-7-8-14)18(23-16)27-11-13-5-6-13/h10,12-15H,5-9,11H2,1-4H3,(H,22,26)/t15-/m0/s1. The minimum absolute atomic E-state index is 0.0771. The Morgan fingerprint density at radius 2 is 1.96 bits per heavy atom. The number of hydrogen-bond donors (Lipinski definition) is 1. The summed E-state index contributed by atoms with van der Waals surface area (Å²) in [6.45, 7) is 4.61. The van der Waals surface area contributed by atoms with E-state index in [0.29, 0.717) is 30.7 Å². The van der Waals surface area contributed by atoms with Crippen molar-refractivity contribution in [2.24, 2.45) is 11.8 Å². The number of aromatic nitrogens is 2. The van der Waals surface area contributed by atoms with Gasteiger partial charge in [0.2, 0.25) is 17.7 Å². The van der Waals surface area contributed by atoms with E-state index >= 15 is 0 Å². The molecule has 2 aliphatic rings. The maximum absolute atomic E-state index is 12.3. The largest absolute Gasteiger partial charge is 0.476 e. The predicted molar refractivity (Wildman–Crippen MR) is 103 cm³/mol. The summed E-state index contributed by atoms with van der Waals surface area (Å²) < 4.78 is 11.1. The Bertz CT molecular complexity index is 714. The monoisotopic (exact) mass is 390 g/mol. The van der Waals surface area contributed by atoms with E-state index in [1.807, 2.05) is 13.8 Å². The minimum atomic E-state index is -0.720. The second-order valence-electron chi connectivity index (χ2n) is 8.38. The third-order valence-corrected chi connectivity index (χ3v) is 4.80. The zero-order valence-electron chi connectivity index (χ0n) is 17.1. The molecule has 0 saturated heterocycles. The molecule has 1 aromatic heterocycles. The molecule has 1 aromatic rings. The molecule has 1 N–H and O–H groups in total. The molecule has 0 aromatic carbocycles. The molecule has 1 atom stereocenters. The van der Waals surface area contributed by atoms with Crippen molar-refractivity contribution in [3.8, 4) is 11.8 Å². The van der Waals surface area contributed by atoms with Crippen LogP contribution in [0.15, 0.2) is 6.20 Å². The maximum atomic E-state index is 12.3. The van der Waals surface area contributed by atoms with Crippen LogP contribution >= 0.6 is 0 Å². The average Bonchev–Trinajstić information content (AvgIpc) is 3.52. The van der Waals surface area contributed by atoms with E-state index in [2.05, 4.69) is 15.3 Å². The quantitative estimate of drug-likeness (QED) is 0.697. The van der Waals surface area contributed by atoms with Gasteiger partial charge in [-0.2, -0.15) is 4.98 Å². The van der Waals surface area contributed by atoms with Crippen LogP contribution in [0.5, 0.6) is 11.8 Å². The third-order valence-electron chi connectivity index (χ3n) is 4.80. The molecular weight excluding hydrogens is 360 g/mol. The molecule has 2 fully saturated rings. The zero-order chi connectivity index (χ0) is 20.3. The first-order valence-electron chi connectivity index (χ1n) is 10.0. The molecule has 2 saturated carbocycles. The van der Waals surface area contributed by atoms with E-state index in [-0.39, 0.29) is 17.7 Å². The van der Waals surface area contributed by atoms with Crippen LogP contribution in [0.1, 0.15) is 57.6 Å². The van der Waals surface area contributed by atoms with Crippen molar-refractivity contribution in [1.29, 1.82) is 0 Å². The van der Waals surface area contributed by atoms with E-state index in [4.69, 9.17) is 9.47 Å². The Labute approximate surface area is 166 Å². The number of carbonyl (C=O) groups excluding carboxylic acids is 2. The van der Waals surface area contributed by atoms with Crippen molar-refractivity contribution < 1.29 is 19.1 Å². The molecule has 3 rings (SSSR count). The Hall–Kier alpha value is -2.38. The lowest BCUT2D eigenvalue weighted by Crippen LogP contribution is -2.47. The number of hydrogen-bond acceptors (Lipinski definition) is 6. The number of likely N-dealkylation sites (N-methyl/N-ethyl adjacent to an activating group) is 1. The van der Waals surface area contributed by atoms with Crippen LogP contribution in [-0.2, 0) is 4.79 Å². The number of nitrogens with one attached hydrogen (secondary N) is 1. The summed E-state index contributed by atoms with van der Waals surface area (Å²) in [6, 6.07) is -0.646. The van der Waals surface area contributed by atoms with Crippen LogP contribution in [0, 0.1) is 11.8 Å². The van der Waals surface area contributed by atoms with Crippen LogP contribution in [0.2, 0.25) is 0 Å². The van der Waals surface area contributed by atoms with Gasteiger partial charge in [0.1, 0.15) is 11.7 Å². The van der Waals surface area contributed by atoms with Crippen molar-refractivity contribution >= 4 is 12.0 Å². The van der Waals surface area contributed by atoms with Crippen LogP contribution in [0.25, 0.3) is 0 Å². The van der Waals surface area contributed by atoms with Gasteiger partial charge in [-0.05, 0) is 43.9 Å². The van der Waals surface area contributed by atoms with Gasteiger partial charge in [0, 0.05) is 20.0 Å². The van der Waals surface area contributed by atoms with Crippen LogP contribution in [-0.4, -0.2) is 53.6 Å². The fourth-order valence-corrected chi connectivity index (χ4v) is 2.91. The van der Waals surface area contributed by atoms with Crippen molar-refractivity contribution in [1.82, 2.24) is 20.2 Å². The predicted octanol–water partition coefficient (Wildman–Crippen LogP) is 2.73. The van der Waals surface area contributed by atoms with E-state index in [9.17, 15) is 9.59 Å². The van der Waals surface area contributed by atoms with E-state index in [0.717, 1.165) is 18.5 Å². The summed E-state index contributed by atoms with van der Waals surface area (Å²) in [5, 5.41) is 2.65. The molecule has 1 heterocycles. The first kappa shape index (κ1) is 20.4.